The third kappa shape index (κ3) is 3.87. The van der Waals surface area contributed by atoms with Crippen LogP contribution in [0.25, 0.3) is 0 Å². The molecule has 70 valence electrons. The second-order valence-electron chi connectivity index (χ2n) is 2.46. The summed E-state index contributed by atoms with van der Waals surface area (Å²) >= 11 is 4.82. The van der Waals surface area contributed by atoms with Crippen molar-refractivity contribution in [1.29, 1.82) is 0 Å². The summed E-state index contributed by atoms with van der Waals surface area (Å²) in [5.41, 5.74) is 3.71. The topological polar surface area (TPSA) is 33.3 Å². The van der Waals surface area contributed by atoms with Crippen LogP contribution in [-0.4, -0.2) is 12.2 Å². The van der Waals surface area contributed by atoms with E-state index in [1.807, 2.05) is 30.3 Å². The Balaban J connectivity index is 2.24. The fourth-order valence-corrected chi connectivity index (χ4v) is 0.869. The zero-order valence-corrected chi connectivity index (χ0v) is 8.23. The van der Waals surface area contributed by atoms with Crippen molar-refractivity contribution in [1.82, 2.24) is 10.8 Å². The van der Waals surface area contributed by atoms with Crippen LogP contribution in [0.1, 0.15) is 5.56 Å². The summed E-state index contributed by atoms with van der Waals surface area (Å²) in [4.78, 5) is 5.12. The summed E-state index contributed by atoms with van der Waals surface area (Å²) in [6, 6.07) is 9.88. The Morgan fingerprint density at radius 3 is 2.69 bits per heavy atom. The van der Waals surface area contributed by atoms with Gasteiger partial charge >= 0.3 is 0 Å². The van der Waals surface area contributed by atoms with Gasteiger partial charge in [0.15, 0.2) is 5.11 Å². The fraction of sp³-hybridized carbons (Fsp3) is 0.222. The van der Waals surface area contributed by atoms with Crippen LogP contribution in [0, 0.1) is 0 Å². The van der Waals surface area contributed by atoms with E-state index in [-0.39, 0.29) is 0 Å². The summed E-state index contributed by atoms with van der Waals surface area (Å²) in [5.74, 6) is 0. The fourth-order valence-electron chi connectivity index (χ4n) is 0.810. The van der Waals surface area contributed by atoms with Crippen LogP contribution in [0.2, 0.25) is 0 Å². The standard InChI is InChI=1S/C9H12N2OS/c1-10-9(13)11-12-7-8-5-3-2-4-6-8/h2-6H,7H2,1H3,(H2,10,11,13). The first kappa shape index (κ1) is 9.95. The van der Waals surface area contributed by atoms with Crippen LogP contribution in [-0.2, 0) is 11.4 Å². The third-order valence-corrected chi connectivity index (χ3v) is 1.76. The van der Waals surface area contributed by atoms with Gasteiger partial charge in [0.2, 0.25) is 0 Å². The summed E-state index contributed by atoms with van der Waals surface area (Å²) in [5, 5.41) is 3.23. The molecule has 0 spiro atoms. The Labute approximate surface area is 83.1 Å². The summed E-state index contributed by atoms with van der Waals surface area (Å²) in [6.45, 7) is 0.503. The Bertz CT molecular complexity index is 264. The molecule has 0 saturated carbocycles. The predicted molar refractivity (Wildman–Crippen MR) is 56.0 cm³/mol. The minimum Gasteiger partial charge on any atom is -0.364 e. The maximum Gasteiger partial charge on any atom is 0.190 e. The van der Waals surface area contributed by atoms with Gasteiger partial charge in [-0.1, -0.05) is 30.3 Å². The number of hydrogen-bond donors (Lipinski definition) is 2. The van der Waals surface area contributed by atoms with Crippen molar-refractivity contribution < 1.29 is 4.84 Å². The van der Waals surface area contributed by atoms with E-state index in [1.54, 1.807) is 7.05 Å². The molecule has 0 saturated heterocycles. The van der Waals surface area contributed by atoms with Crippen molar-refractivity contribution in [3.63, 3.8) is 0 Å². The van der Waals surface area contributed by atoms with Gasteiger partial charge < -0.3 is 5.32 Å². The SMILES string of the molecule is CNC(=S)NOCc1ccccc1. The third-order valence-electron chi connectivity index (χ3n) is 1.47. The summed E-state index contributed by atoms with van der Waals surface area (Å²) in [7, 11) is 1.74. The molecule has 0 bridgehead atoms. The van der Waals surface area contributed by atoms with Crippen molar-refractivity contribution in [2.24, 2.45) is 0 Å². The molecule has 0 fully saturated rings. The van der Waals surface area contributed by atoms with Gasteiger partial charge in [0, 0.05) is 7.05 Å². The first-order valence-electron chi connectivity index (χ1n) is 3.96. The van der Waals surface area contributed by atoms with E-state index < -0.39 is 0 Å². The molecule has 0 heterocycles. The smallest absolute Gasteiger partial charge is 0.190 e. The van der Waals surface area contributed by atoms with Crippen molar-refractivity contribution in [2.45, 2.75) is 6.61 Å². The molecule has 13 heavy (non-hydrogen) atoms. The van der Waals surface area contributed by atoms with Crippen molar-refractivity contribution in [2.75, 3.05) is 7.05 Å². The van der Waals surface area contributed by atoms with Crippen LogP contribution in [0.4, 0.5) is 0 Å². The molecule has 4 heteroatoms. The molecule has 3 nitrogen and oxygen atoms in total. The largest absolute Gasteiger partial charge is 0.364 e. The maximum absolute atomic E-state index is 5.12. The van der Waals surface area contributed by atoms with E-state index in [0.29, 0.717) is 11.7 Å². The average Bonchev–Trinajstić information content (AvgIpc) is 2.19. The minimum absolute atomic E-state index is 0.482. The highest BCUT2D eigenvalue weighted by molar-refractivity contribution is 7.80. The van der Waals surface area contributed by atoms with Gasteiger partial charge in [-0.3, -0.25) is 4.84 Å². The quantitative estimate of drug-likeness (QED) is 0.562. The van der Waals surface area contributed by atoms with Crippen LogP contribution in [0.3, 0.4) is 0 Å². The lowest BCUT2D eigenvalue weighted by Crippen LogP contribution is -2.32. The van der Waals surface area contributed by atoms with Crippen LogP contribution < -0.4 is 10.8 Å². The Hall–Kier alpha value is -1.13. The van der Waals surface area contributed by atoms with E-state index in [2.05, 4.69) is 10.8 Å². The number of nitrogens with one attached hydrogen (secondary N) is 2. The highest BCUT2D eigenvalue weighted by atomic mass is 32.1. The molecular weight excluding hydrogens is 184 g/mol. The van der Waals surface area contributed by atoms with Crippen LogP contribution in [0.5, 0.6) is 0 Å². The van der Waals surface area contributed by atoms with E-state index in [1.165, 1.54) is 0 Å². The molecule has 0 radical (unpaired) electrons. The molecule has 1 aromatic rings. The molecule has 0 aliphatic rings. The average molecular weight is 196 g/mol. The molecule has 0 aliphatic carbocycles. The minimum atomic E-state index is 0.482. The number of rotatable bonds is 3. The molecule has 0 atom stereocenters. The van der Waals surface area contributed by atoms with Crippen molar-refractivity contribution in [3.8, 4) is 0 Å². The van der Waals surface area contributed by atoms with Gasteiger partial charge in [0.25, 0.3) is 0 Å². The second kappa shape index (κ2) is 5.50. The number of hydrogen-bond acceptors (Lipinski definition) is 2. The van der Waals surface area contributed by atoms with Gasteiger partial charge in [-0.05, 0) is 17.8 Å². The van der Waals surface area contributed by atoms with E-state index in [4.69, 9.17) is 17.1 Å². The molecule has 2 N–H and O–H groups in total. The molecular formula is C9H12N2OS. The summed E-state index contributed by atoms with van der Waals surface area (Å²) in [6.07, 6.45) is 0. The lowest BCUT2D eigenvalue weighted by molar-refractivity contribution is 0.0709. The number of benzene rings is 1. The van der Waals surface area contributed by atoms with E-state index >= 15 is 0 Å². The van der Waals surface area contributed by atoms with Gasteiger partial charge in [0.1, 0.15) is 0 Å². The van der Waals surface area contributed by atoms with Gasteiger partial charge in [-0.25, -0.2) is 5.48 Å². The van der Waals surface area contributed by atoms with Crippen LogP contribution in [0.15, 0.2) is 30.3 Å². The highest BCUT2D eigenvalue weighted by Crippen LogP contribution is 1.98. The second-order valence-corrected chi connectivity index (χ2v) is 2.86. The van der Waals surface area contributed by atoms with E-state index in [9.17, 15) is 0 Å². The molecule has 1 aromatic carbocycles. The molecule has 0 aromatic heterocycles. The lowest BCUT2D eigenvalue weighted by Gasteiger charge is -2.06. The lowest BCUT2D eigenvalue weighted by atomic mass is 10.2. The zero-order valence-electron chi connectivity index (χ0n) is 7.41. The Morgan fingerprint density at radius 1 is 1.38 bits per heavy atom. The zero-order chi connectivity index (χ0) is 9.52. The van der Waals surface area contributed by atoms with Crippen LogP contribution >= 0.6 is 12.2 Å². The number of thiocarbonyl (C=S) groups is 1. The molecule has 1 rings (SSSR count). The highest BCUT2D eigenvalue weighted by Gasteiger charge is 1.92. The monoisotopic (exact) mass is 196 g/mol. The van der Waals surface area contributed by atoms with E-state index in [0.717, 1.165) is 5.56 Å². The van der Waals surface area contributed by atoms with Gasteiger partial charge in [0.05, 0.1) is 6.61 Å². The first-order chi connectivity index (χ1) is 6.33. The van der Waals surface area contributed by atoms with Crippen molar-refractivity contribution >= 4 is 17.3 Å². The maximum atomic E-state index is 5.12. The molecule has 0 aliphatic heterocycles. The Morgan fingerprint density at radius 2 is 2.08 bits per heavy atom. The van der Waals surface area contributed by atoms with Crippen molar-refractivity contribution in [3.05, 3.63) is 35.9 Å². The first-order valence-corrected chi connectivity index (χ1v) is 4.37. The Kier molecular flexibility index (Phi) is 4.21. The summed E-state index contributed by atoms with van der Waals surface area (Å²) < 4.78 is 0. The normalized spacial score (nSPS) is 9.31. The predicted octanol–water partition coefficient (Wildman–Crippen LogP) is 1.21. The van der Waals surface area contributed by atoms with Gasteiger partial charge in [-0.15, -0.1) is 0 Å². The molecule has 0 amide bonds. The molecule has 0 unspecified atom stereocenters. The van der Waals surface area contributed by atoms with Gasteiger partial charge in [-0.2, -0.15) is 0 Å². The number of hydroxylamine groups is 1.